The van der Waals surface area contributed by atoms with Gasteiger partial charge in [-0.2, -0.15) is 13.2 Å². The molecule has 2 heterocycles. The molecule has 4 saturated carbocycles. The van der Waals surface area contributed by atoms with Gasteiger partial charge in [0.1, 0.15) is 16.5 Å². The standard InChI is InChI=1S/C41H42ClF3N6O3/c1-49(39(52)54-36-30-9-5-3-7-28(30)29-8-4-6-10-31(29)36)40-20-24-17-25(21-40)35(26(18-24)22-40)51-15-13-50(14-16-51)27-11-12-33(34(19-27)53-2)47-38-46-23-32(37(42)48-38)41(43,44)45/h3-12,19,23-26,35-36H,13-18,20-22H2,1-2H3,(H,46,47,48). The number of anilines is 3. The van der Waals surface area contributed by atoms with E-state index in [9.17, 15) is 18.0 Å². The van der Waals surface area contributed by atoms with Crippen molar-refractivity contribution in [3.63, 3.8) is 0 Å². The lowest BCUT2D eigenvalue weighted by molar-refractivity contribution is -0.138. The molecule has 1 amide bonds. The Morgan fingerprint density at radius 1 is 0.944 bits per heavy atom. The Balaban J connectivity index is 0.845. The van der Waals surface area contributed by atoms with E-state index in [4.69, 9.17) is 21.1 Å². The van der Waals surface area contributed by atoms with Crippen LogP contribution in [-0.4, -0.2) is 77.8 Å². The zero-order valence-corrected chi connectivity index (χ0v) is 30.9. The number of amides is 1. The third-order valence-electron chi connectivity index (χ3n) is 12.8. The van der Waals surface area contributed by atoms with E-state index in [1.54, 1.807) is 7.11 Å². The molecule has 9 nitrogen and oxygen atoms in total. The van der Waals surface area contributed by atoms with Crippen molar-refractivity contribution in [1.29, 1.82) is 0 Å². The van der Waals surface area contributed by atoms with E-state index >= 15 is 0 Å². The highest BCUT2D eigenvalue weighted by Crippen LogP contribution is 2.59. The summed E-state index contributed by atoms with van der Waals surface area (Å²) in [6.07, 6.45) is 0.904. The lowest BCUT2D eigenvalue weighted by Gasteiger charge is -2.64. The molecule has 10 rings (SSSR count). The smallest absolute Gasteiger partial charge is 0.420 e. The topological polar surface area (TPSA) is 83.1 Å². The number of hydrogen-bond donors (Lipinski definition) is 1. The number of ether oxygens (including phenoxy) is 2. The molecule has 282 valence electrons. The molecule has 5 aliphatic carbocycles. The van der Waals surface area contributed by atoms with Gasteiger partial charge in [0.05, 0.1) is 12.8 Å². The van der Waals surface area contributed by atoms with Crippen LogP contribution in [0.2, 0.25) is 5.15 Å². The first-order valence-electron chi connectivity index (χ1n) is 18.7. The van der Waals surface area contributed by atoms with Crippen LogP contribution < -0.4 is 15.0 Å². The van der Waals surface area contributed by atoms with Crippen LogP contribution in [0.15, 0.2) is 72.9 Å². The second-order valence-electron chi connectivity index (χ2n) is 15.6. The summed E-state index contributed by atoms with van der Waals surface area (Å²) in [4.78, 5) is 28.6. The number of aromatic nitrogens is 2. The van der Waals surface area contributed by atoms with Crippen molar-refractivity contribution in [2.24, 2.45) is 17.8 Å². The van der Waals surface area contributed by atoms with Crippen molar-refractivity contribution >= 4 is 35.0 Å². The number of carbonyl (C=O) groups is 1. The fourth-order valence-corrected chi connectivity index (χ4v) is 10.8. The van der Waals surface area contributed by atoms with Crippen molar-refractivity contribution in [1.82, 2.24) is 19.8 Å². The fraction of sp³-hybridized carbons (Fsp3) is 0.439. The minimum absolute atomic E-state index is 0.0569. The molecule has 1 saturated heterocycles. The van der Waals surface area contributed by atoms with Crippen LogP contribution in [0.3, 0.4) is 0 Å². The molecule has 1 aliphatic heterocycles. The van der Waals surface area contributed by atoms with Crippen molar-refractivity contribution in [3.8, 4) is 16.9 Å². The van der Waals surface area contributed by atoms with Crippen molar-refractivity contribution in [2.75, 3.05) is 50.6 Å². The van der Waals surface area contributed by atoms with Crippen molar-refractivity contribution in [3.05, 3.63) is 94.8 Å². The Kier molecular flexibility index (Phi) is 8.68. The first-order valence-corrected chi connectivity index (χ1v) is 19.1. The Bertz CT molecular complexity index is 2030. The highest BCUT2D eigenvalue weighted by Gasteiger charge is 2.59. The first kappa shape index (κ1) is 35.2. The van der Waals surface area contributed by atoms with Crippen LogP contribution in [-0.2, 0) is 10.9 Å². The largest absolute Gasteiger partial charge is 0.494 e. The number of nitrogens with one attached hydrogen (secondary N) is 1. The number of rotatable bonds is 7. The monoisotopic (exact) mass is 758 g/mol. The Morgan fingerprint density at radius 2 is 1.59 bits per heavy atom. The average molecular weight is 759 g/mol. The highest BCUT2D eigenvalue weighted by atomic mass is 35.5. The van der Waals surface area contributed by atoms with Crippen LogP contribution >= 0.6 is 11.6 Å². The summed E-state index contributed by atoms with van der Waals surface area (Å²) in [5.41, 5.74) is 4.63. The van der Waals surface area contributed by atoms with E-state index < -0.39 is 23.0 Å². The molecule has 13 heteroatoms. The maximum absolute atomic E-state index is 14.0. The van der Waals surface area contributed by atoms with Gasteiger partial charge in [0.15, 0.2) is 6.10 Å². The van der Waals surface area contributed by atoms with E-state index in [0.29, 0.717) is 41.4 Å². The summed E-state index contributed by atoms with van der Waals surface area (Å²) in [5, 5.41) is 2.27. The van der Waals surface area contributed by atoms with Crippen molar-refractivity contribution < 1.29 is 27.4 Å². The second-order valence-corrected chi connectivity index (χ2v) is 16.0. The SMILES string of the molecule is COc1cc(N2CCN(C3C4CC5CC3CC(N(C)C(=O)OC3c6ccccc6-c6ccccc63)(C5)C4)CC2)ccc1Nc1ncc(C(F)(F)F)c(Cl)n1. The molecule has 1 N–H and O–H groups in total. The van der Waals surface area contributed by atoms with Crippen LogP contribution in [0.4, 0.5) is 35.3 Å². The van der Waals surface area contributed by atoms with E-state index in [2.05, 4.69) is 49.4 Å². The predicted octanol–water partition coefficient (Wildman–Crippen LogP) is 8.81. The maximum atomic E-state index is 14.0. The molecule has 5 fully saturated rings. The number of fused-ring (bicyclic) bond motifs is 3. The molecule has 4 bridgehead atoms. The maximum Gasteiger partial charge on any atom is 0.420 e. The normalized spacial score (nSPS) is 26.0. The van der Waals surface area contributed by atoms with E-state index in [1.807, 2.05) is 54.4 Å². The van der Waals surface area contributed by atoms with E-state index in [-0.39, 0.29) is 17.6 Å². The molecule has 4 aromatic rings. The number of methoxy groups -OCH3 is 1. The Labute approximate surface area is 317 Å². The quantitative estimate of drug-likeness (QED) is 0.187. The minimum atomic E-state index is -4.64. The van der Waals surface area contributed by atoms with Crippen molar-refractivity contribution in [2.45, 2.75) is 56.0 Å². The number of carbonyl (C=O) groups excluding carboxylic acids is 1. The molecule has 1 aromatic heterocycles. The summed E-state index contributed by atoms with van der Waals surface area (Å²) >= 11 is 5.80. The lowest BCUT2D eigenvalue weighted by atomic mass is 9.50. The fourth-order valence-electron chi connectivity index (χ4n) is 10.6. The van der Waals surface area contributed by atoms with Crippen LogP contribution in [0, 0.1) is 17.8 Å². The minimum Gasteiger partial charge on any atom is -0.494 e. The van der Waals surface area contributed by atoms with Gasteiger partial charge in [0.25, 0.3) is 0 Å². The van der Waals surface area contributed by atoms with Gasteiger partial charge in [-0.15, -0.1) is 0 Å². The number of benzene rings is 3. The molecule has 2 unspecified atom stereocenters. The average Bonchev–Trinajstić information content (AvgIpc) is 3.47. The Hall–Kier alpha value is -4.55. The molecular weight excluding hydrogens is 717 g/mol. The van der Waals surface area contributed by atoms with E-state index in [0.717, 1.165) is 73.4 Å². The summed E-state index contributed by atoms with van der Waals surface area (Å²) < 4.78 is 51.4. The van der Waals surface area contributed by atoms with Gasteiger partial charge in [-0.25, -0.2) is 14.8 Å². The highest BCUT2D eigenvalue weighted by molar-refractivity contribution is 6.30. The molecule has 0 radical (unpaired) electrons. The second kappa shape index (κ2) is 13.3. The summed E-state index contributed by atoms with van der Waals surface area (Å²) in [5.74, 6) is 2.17. The number of nitrogens with zero attached hydrogens (tertiary/aromatic N) is 5. The molecule has 2 atom stereocenters. The molecule has 3 aromatic carbocycles. The Morgan fingerprint density at radius 3 is 2.20 bits per heavy atom. The number of alkyl halides is 3. The van der Waals surface area contributed by atoms with Gasteiger partial charge < -0.3 is 24.6 Å². The molecule has 54 heavy (non-hydrogen) atoms. The third-order valence-corrected chi connectivity index (χ3v) is 13.0. The summed E-state index contributed by atoms with van der Waals surface area (Å²) in [6.45, 7) is 3.59. The summed E-state index contributed by atoms with van der Waals surface area (Å²) in [6, 6.07) is 22.7. The zero-order valence-electron chi connectivity index (χ0n) is 30.2. The van der Waals surface area contributed by atoms with Gasteiger partial charge >= 0.3 is 12.3 Å². The van der Waals surface area contributed by atoms with Gasteiger partial charge in [-0.3, -0.25) is 4.90 Å². The molecular formula is C41H42ClF3N6O3. The summed E-state index contributed by atoms with van der Waals surface area (Å²) in [7, 11) is 3.52. The zero-order chi connectivity index (χ0) is 37.4. The predicted molar refractivity (Wildman–Crippen MR) is 200 cm³/mol. The molecule has 6 aliphatic rings. The van der Waals surface area contributed by atoms with Gasteiger partial charge in [0, 0.05) is 73.9 Å². The number of halogens is 4. The van der Waals surface area contributed by atoms with Gasteiger partial charge in [-0.05, 0) is 73.1 Å². The third kappa shape index (κ3) is 6.02. The number of hydrogen-bond acceptors (Lipinski definition) is 8. The molecule has 0 spiro atoms. The van der Waals surface area contributed by atoms with Gasteiger partial charge in [0.2, 0.25) is 5.95 Å². The number of piperazine rings is 1. The van der Waals surface area contributed by atoms with Crippen LogP contribution in [0.5, 0.6) is 5.75 Å². The lowest BCUT2D eigenvalue weighted by Crippen LogP contribution is -2.68. The van der Waals surface area contributed by atoms with Crippen LogP contribution in [0.25, 0.3) is 11.1 Å². The van der Waals surface area contributed by atoms with Gasteiger partial charge in [-0.1, -0.05) is 60.1 Å². The van der Waals surface area contributed by atoms with Crippen LogP contribution in [0.1, 0.15) is 54.9 Å². The first-order chi connectivity index (χ1) is 26.0. The van der Waals surface area contributed by atoms with E-state index in [1.165, 1.54) is 12.8 Å².